The molecular formula is C17H22N4O4. The molecule has 2 rings (SSSR count). The molecule has 0 unspecified atom stereocenters. The maximum absolute atomic E-state index is 12.3. The van der Waals surface area contributed by atoms with Crippen molar-refractivity contribution in [2.75, 3.05) is 30.9 Å². The maximum atomic E-state index is 12.3. The predicted octanol–water partition coefficient (Wildman–Crippen LogP) is 0.556. The van der Waals surface area contributed by atoms with Crippen molar-refractivity contribution in [3.63, 3.8) is 0 Å². The zero-order chi connectivity index (χ0) is 18.4. The minimum absolute atomic E-state index is 0.0147. The van der Waals surface area contributed by atoms with E-state index in [1.807, 2.05) is 30.3 Å². The average molecular weight is 346 g/mol. The first-order valence-corrected chi connectivity index (χ1v) is 7.89. The summed E-state index contributed by atoms with van der Waals surface area (Å²) in [4.78, 5) is 39.9. The Hall–Kier alpha value is -2.87. The number of ether oxygens (including phenoxy) is 1. The van der Waals surface area contributed by atoms with Gasteiger partial charge in [-0.05, 0) is 12.0 Å². The summed E-state index contributed by atoms with van der Waals surface area (Å²) in [6.45, 7) is 2.24. The van der Waals surface area contributed by atoms with Crippen molar-refractivity contribution in [1.29, 1.82) is 0 Å². The fourth-order valence-electron chi connectivity index (χ4n) is 2.55. The number of aromatic amines is 1. The second kappa shape index (κ2) is 8.29. The lowest BCUT2D eigenvalue weighted by Crippen LogP contribution is -2.41. The highest BCUT2D eigenvalue weighted by Gasteiger charge is 2.21. The summed E-state index contributed by atoms with van der Waals surface area (Å²) in [7, 11) is 1.55. The van der Waals surface area contributed by atoms with Crippen molar-refractivity contribution >= 4 is 17.4 Å². The van der Waals surface area contributed by atoms with Gasteiger partial charge in [0.15, 0.2) is 5.69 Å². The van der Waals surface area contributed by atoms with E-state index in [0.717, 1.165) is 5.56 Å². The highest BCUT2D eigenvalue weighted by atomic mass is 16.5. The van der Waals surface area contributed by atoms with Crippen molar-refractivity contribution in [1.82, 2.24) is 9.55 Å². The number of carbonyl (C=O) groups excluding carboxylic acids is 1. The van der Waals surface area contributed by atoms with Crippen LogP contribution in [0.1, 0.15) is 18.9 Å². The number of methoxy groups -OCH3 is 1. The highest BCUT2D eigenvalue weighted by molar-refractivity contribution is 5.93. The summed E-state index contributed by atoms with van der Waals surface area (Å²) in [5, 5.41) is 0. The van der Waals surface area contributed by atoms with Gasteiger partial charge in [0.05, 0.1) is 6.54 Å². The fourth-order valence-corrected chi connectivity index (χ4v) is 2.55. The Morgan fingerprint density at radius 1 is 1.28 bits per heavy atom. The quantitative estimate of drug-likeness (QED) is 0.712. The van der Waals surface area contributed by atoms with E-state index in [4.69, 9.17) is 10.5 Å². The van der Waals surface area contributed by atoms with Crippen LogP contribution in [0.4, 0.5) is 11.5 Å². The lowest BCUT2D eigenvalue weighted by Gasteiger charge is -2.23. The Morgan fingerprint density at radius 2 is 1.96 bits per heavy atom. The van der Waals surface area contributed by atoms with Crippen LogP contribution in [0.3, 0.4) is 0 Å². The van der Waals surface area contributed by atoms with Gasteiger partial charge in [-0.25, -0.2) is 4.79 Å². The Balaban J connectivity index is 2.47. The van der Waals surface area contributed by atoms with Crippen molar-refractivity contribution in [2.45, 2.75) is 19.9 Å². The SMILES string of the molecule is COCCCN(C(C)=O)c1c(N)n(Cc2ccccc2)c(=O)[nH]c1=O. The van der Waals surface area contributed by atoms with Gasteiger partial charge in [0, 0.05) is 27.2 Å². The van der Waals surface area contributed by atoms with Gasteiger partial charge in [-0.15, -0.1) is 0 Å². The van der Waals surface area contributed by atoms with Crippen LogP contribution >= 0.6 is 0 Å². The Labute approximate surface area is 144 Å². The number of rotatable bonds is 7. The molecule has 1 heterocycles. The molecule has 8 heteroatoms. The van der Waals surface area contributed by atoms with E-state index in [1.165, 1.54) is 16.4 Å². The third kappa shape index (κ3) is 4.36. The molecule has 0 bridgehead atoms. The number of nitrogens with zero attached hydrogens (tertiary/aromatic N) is 2. The molecule has 2 aromatic rings. The number of nitrogens with two attached hydrogens (primary N) is 1. The van der Waals surface area contributed by atoms with Gasteiger partial charge in [0.2, 0.25) is 5.91 Å². The first-order chi connectivity index (χ1) is 12.0. The number of nitrogens with one attached hydrogen (secondary N) is 1. The summed E-state index contributed by atoms with van der Waals surface area (Å²) in [6.07, 6.45) is 0.534. The van der Waals surface area contributed by atoms with Crippen molar-refractivity contribution < 1.29 is 9.53 Å². The summed E-state index contributed by atoms with van der Waals surface area (Å²) in [6, 6.07) is 9.24. The van der Waals surface area contributed by atoms with E-state index in [0.29, 0.717) is 13.0 Å². The minimum Gasteiger partial charge on any atom is -0.385 e. The van der Waals surface area contributed by atoms with Crippen LogP contribution in [0.2, 0.25) is 0 Å². The molecule has 0 aliphatic carbocycles. The Morgan fingerprint density at radius 3 is 2.56 bits per heavy atom. The summed E-state index contributed by atoms with van der Waals surface area (Å²) in [5.74, 6) is -0.372. The topological polar surface area (TPSA) is 110 Å². The lowest BCUT2D eigenvalue weighted by atomic mass is 10.2. The molecule has 0 aliphatic heterocycles. The van der Waals surface area contributed by atoms with Gasteiger partial charge < -0.3 is 15.4 Å². The van der Waals surface area contributed by atoms with Crippen LogP contribution in [-0.4, -0.2) is 35.7 Å². The number of nitrogen functional groups attached to an aromatic ring is 1. The van der Waals surface area contributed by atoms with Crippen LogP contribution < -0.4 is 21.9 Å². The van der Waals surface area contributed by atoms with Gasteiger partial charge in [0.1, 0.15) is 5.82 Å². The van der Waals surface area contributed by atoms with Crippen LogP contribution in [-0.2, 0) is 16.1 Å². The monoisotopic (exact) mass is 346 g/mol. The molecular weight excluding hydrogens is 324 g/mol. The van der Waals surface area contributed by atoms with Crippen LogP contribution in [0, 0.1) is 0 Å². The largest absolute Gasteiger partial charge is 0.385 e. The molecule has 134 valence electrons. The van der Waals surface area contributed by atoms with Crippen LogP contribution in [0.15, 0.2) is 39.9 Å². The van der Waals surface area contributed by atoms with Gasteiger partial charge in [-0.1, -0.05) is 30.3 Å². The minimum atomic E-state index is -0.681. The maximum Gasteiger partial charge on any atom is 0.330 e. The molecule has 8 nitrogen and oxygen atoms in total. The predicted molar refractivity (Wildman–Crippen MR) is 95.8 cm³/mol. The molecule has 1 amide bonds. The number of benzene rings is 1. The number of aromatic nitrogens is 2. The molecule has 0 atom stereocenters. The zero-order valence-electron chi connectivity index (χ0n) is 14.3. The highest BCUT2D eigenvalue weighted by Crippen LogP contribution is 2.18. The number of anilines is 2. The number of H-pyrrole nitrogens is 1. The van der Waals surface area contributed by atoms with Crippen molar-refractivity contribution in [3.05, 3.63) is 56.7 Å². The lowest BCUT2D eigenvalue weighted by molar-refractivity contribution is -0.116. The van der Waals surface area contributed by atoms with Gasteiger partial charge in [-0.2, -0.15) is 0 Å². The van der Waals surface area contributed by atoms with Crippen LogP contribution in [0.5, 0.6) is 0 Å². The van der Waals surface area contributed by atoms with Gasteiger partial charge >= 0.3 is 5.69 Å². The summed E-state index contributed by atoms with van der Waals surface area (Å²) < 4.78 is 6.23. The number of carbonyl (C=O) groups is 1. The van der Waals surface area contributed by atoms with E-state index in [2.05, 4.69) is 4.98 Å². The fraction of sp³-hybridized carbons (Fsp3) is 0.353. The molecule has 0 saturated heterocycles. The third-order valence-electron chi connectivity index (χ3n) is 3.78. The second-order valence-corrected chi connectivity index (χ2v) is 5.58. The van der Waals surface area contributed by atoms with E-state index in [1.54, 1.807) is 7.11 Å². The first-order valence-electron chi connectivity index (χ1n) is 7.89. The van der Waals surface area contributed by atoms with Crippen molar-refractivity contribution in [2.24, 2.45) is 0 Å². The van der Waals surface area contributed by atoms with Gasteiger partial charge in [0.25, 0.3) is 5.56 Å². The number of amides is 1. The second-order valence-electron chi connectivity index (χ2n) is 5.58. The Bertz CT molecular complexity index is 842. The van der Waals surface area contributed by atoms with E-state index in [-0.39, 0.29) is 30.5 Å². The molecule has 25 heavy (non-hydrogen) atoms. The molecule has 1 aromatic carbocycles. The smallest absolute Gasteiger partial charge is 0.330 e. The van der Waals surface area contributed by atoms with Crippen LogP contribution in [0.25, 0.3) is 0 Å². The number of hydrogen-bond acceptors (Lipinski definition) is 5. The molecule has 1 aromatic heterocycles. The first kappa shape index (κ1) is 18.5. The molecule has 0 saturated carbocycles. The zero-order valence-corrected chi connectivity index (χ0v) is 14.3. The number of hydrogen-bond donors (Lipinski definition) is 2. The van der Waals surface area contributed by atoms with Gasteiger partial charge in [-0.3, -0.25) is 19.1 Å². The van der Waals surface area contributed by atoms with E-state index < -0.39 is 11.2 Å². The molecule has 0 spiro atoms. The normalized spacial score (nSPS) is 10.6. The van der Waals surface area contributed by atoms with Crippen molar-refractivity contribution in [3.8, 4) is 0 Å². The van der Waals surface area contributed by atoms with E-state index >= 15 is 0 Å². The Kier molecular flexibility index (Phi) is 6.13. The standard InChI is InChI=1S/C17H22N4O4/c1-12(22)20(9-6-10-25-2)14-15(18)21(17(24)19-16(14)23)11-13-7-4-3-5-8-13/h3-5,7-8H,6,9-11,18H2,1-2H3,(H,19,23,24). The third-order valence-corrected chi connectivity index (χ3v) is 3.78. The molecule has 3 N–H and O–H groups in total. The molecule has 0 radical (unpaired) electrons. The average Bonchev–Trinajstić information content (AvgIpc) is 2.58. The van der Waals surface area contributed by atoms with E-state index in [9.17, 15) is 14.4 Å². The molecule has 0 aliphatic rings. The summed E-state index contributed by atoms with van der Waals surface area (Å²) in [5.41, 5.74) is 5.63. The molecule has 0 fully saturated rings. The summed E-state index contributed by atoms with van der Waals surface area (Å²) >= 11 is 0.